The van der Waals surface area contributed by atoms with Crippen LogP contribution in [0.4, 0.5) is 17.3 Å². The molecule has 0 aliphatic carbocycles. The molecule has 2 aromatic heterocycles. The second-order valence-corrected chi connectivity index (χ2v) is 5.27. The van der Waals surface area contributed by atoms with Crippen molar-refractivity contribution in [1.82, 2.24) is 9.97 Å². The zero-order valence-electron chi connectivity index (χ0n) is 11.4. The maximum Gasteiger partial charge on any atom is 0.161 e. The van der Waals surface area contributed by atoms with Gasteiger partial charge < -0.3 is 10.2 Å². The first-order valence-corrected chi connectivity index (χ1v) is 7.19. The molecule has 0 saturated carbocycles. The van der Waals surface area contributed by atoms with Gasteiger partial charge in [0.05, 0.1) is 16.9 Å². The molecule has 0 aromatic carbocycles. The van der Waals surface area contributed by atoms with Crippen LogP contribution in [0.3, 0.4) is 0 Å². The van der Waals surface area contributed by atoms with Crippen LogP contribution in [0.15, 0.2) is 30.5 Å². The summed E-state index contributed by atoms with van der Waals surface area (Å²) in [5.74, 6) is 1.58. The summed E-state index contributed by atoms with van der Waals surface area (Å²) in [4.78, 5) is 10.9. The van der Waals surface area contributed by atoms with E-state index in [0.717, 1.165) is 24.6 Å². The summed E-state index contributed by atoms with van der Waals surface area (Å²) in [7, 11) is 0. The van der Waals surface area contributed by atoms with Crippen LogP contribution in [0.2, 0.25) is 5.02 Å². The van der Waals surface area contributed by atoms with Crippen LogP contribution in [-0.4, -0.2) is 23.1 Å². The van der Waals surface area contributed by atoms with E-state index in [2.05, 4.69) is 20.2 Å². The number of hydrogen-bond donors (Lipinski definition) is 1. The molecule has 1 aliphatic heterocycles. The Kier molecular flexibility index (Phi) is 3.89. The maximum absolute atomic E-state index is 8.92. The van der Waals surface area contributed by atoms with Gasteiger partial charge in [0.1, 0.15) is 17.7 Å². The summed E-state index contributed by atoms with van der Waals surface area (Å²) in [6, 6.07) is 9.31. The number of aromatic nitrogens is 2. The SMILES string of the molecule is N#Cc1nc(Nc2ccc(N3CCCC3)nc2)ccc1Cl. The lowest BCUT2D eigenvalue weighted by molar-refractivity contribution is 0.938. The molecule has 106 valence electrons. The Bertz CT molecular complexity index is 671. The molecule has 0 bridgehead atoms. The molecule has 0 amide bonds. The summed E-state index contributed by atoms with van der Waals surface area (Å²) in [5, 5.41) is 12.4. The van der Waals surface area contributed by atoms with E-state index in [9.17, 15) is 0 Å². The number of rotatable bonds is 3. The monoisotopic (exact) mass is 299 g/mol. The molecule has 6 heteroatoms. The van der Waals surface area contributed by atoms with Crippen LogP contribution in [0, 0.1) is 11.3 Å². The number of hydrogen-bond acceptors (Lipinski definition) is 5. The van der Waals surface area contributed by atoms with E-state index in [1.165, 1.54) is 12.8 Å². The van der Waals surface area contributed by atoms with E-state index in [0.29, 0.717) is 10.8 Å². The molecule has 0 radical (unpaired) electrons. The number of nitriles is 1. The minimum absolute atomic E-state index is 0.211. The minimum atomic E-state index is 0.211. The highest BCUT2D eigenvalue weighted by Gasteiger charge is 2.13. The van der Waals surface area contributed by atoms with Gasteiger partial charge in [0.25, 0.3) is 0 Å². The lowest BCUT2D eigenvalue weighted by atomic mass is 10.3. The Morgan fingerprint density at radius 1 is 1.19 bits per heavy atom. The van der Waals surface area contributed by atoms with Crippen molar-refractivity contribution in [2.75, 3.05) is 23.3 Å². The van der Waals surface area contributed by atoms with Gasteiger partial charge in [-0.1, -0.05) is 11.6 Å². The van der Waals surface area contributed by atoms with E-state index in [1.54, 1.807) is 18.3 Å². The fourth-order valence-corrected chi connectivity index (χ4v) is 2.48. The lowest BCUT2D eigenvalue weighted by Crippen LogP contribution is -2.18. The zero-order valence-corrected chi connectivity index (χ0v) is 12.1. The Balaban J connectivity index is 1.74. The van der Waals surface area contributed by atoms with E-state index in [1.807, 2.05) is 18.2 Å². The van der Waals surface area contributed by atoms with Crippen molar-refractivity contribution in [2.45, 2.75) is 12.8 Å². The zero-order chi connectivity index (χ0) is 14.7. The first-order valence-electron chi connectivity index (χ1n) is 6.81. The van der Waals surface area contributed by atoms with Crippen molar-refractivity contribution >= 4 is 28.9 Å². The highest BCUT2D eigenvalue weighted by Crippen LogP contribution is 2.22. The third-order valence-corrected chi connectivity index (χ3v) is 3.71. The second-order valence-electron chi connectivity index (χ2n) is 4.86. The highest BCUT2D eigenvalue weighted by atomic mass is 35.5. The molecular formula is C15H14ClN5. The van der Waals surface area contributed by atoms with Gasteiger partial charge in [0.15, 0.2) is 5.69 Å². The van der Waals surface area contributed by atoms with Gasteiger partial charge >= 0.3 is 0 Å². The Morgan fingerprint density at radius 3 is 2.67 bits per heavy atom. The van der Waals surface area contributed by atoms with Gasteiger partial charge in [-0.2, -0.15) is 5.26 Å². The van der Waals surface area contributed by atoms with E-state index < -0.39 is 0 Å². The van der Waals surface area contributed by atoms with Crippen LogP contribution in [0.5, 0.6) is 0 Å². The Hall–Kier alpha value is -2.32. The fraction of sp³-hybridized carbons (Fsp3) is 0.267. The van der Waals surface area contributed by atoms with Gasteiger partial charge in [-0.15, -0.1) is 0 Å². The van der Waals surface area contributed by atoms with Gasteiger partial charge in [0.2, 0.25) is 0 Å². The lowest BCUT2D eigenvalue weighted by Gasteiger charge is -2.16. The van der Waals surface area contributed by atoms with Gasteiger partial charge in [-0.25, -0.2) is 9.97 Å². The molecule has 0 unspecified atom stereocenters. The van der Waals surface area contributed by atoms with Crippen LogP contribution < -0.4 is 10.2 Å². The van der Waals surface area contributed by atoms with E-state index in [-0.39, 0.29) is 5.69 Å². The van der Waals surface area contributed by atoms with Gasteiger partial charge in [-0.3, -0.25) is 0 Å². The third kappa shape index (κ3) is 3.06. The van der Waals surface area contributed by atoms with Crippen molar-refractivity contribution in [3.8, 4) is 6.07 Å². The molecule has 1 fully saturated rings. The standard InChI is InChI=1S/C15H14ClN5/c16-12-4-5-14(20-13(12)9-17)19-11-3-6-15(18-10-11)21-7-1-2-8-21/h3-6,10H,1-2,7-8H2,(H,19,20). The number of halogens is 1. The Morgan fingerprint density at radius 2 is 2.00 bits per heavy atom. The molecule has 1 aliphatic rings. The van der Waals surface area contributed by atoms with Gasteiger partial charge in [0, 0.05) is 13.1 Å². The highest BCUT2D eigenvalue weighted by molar-refractivity contribution is 6.31. The molecule has 1 N–H and O–H groups in total. The molecule has 0 atom stereocenters. The average Bonchev–Trinajstić information content (AvgIpc) is 3.04. The van der Waals surface area contributed by atoms with Crippen molar-refractivity contribution < 1.29 is 0 Å². The summed E-state index contributed by atoms with van der Waals surface area (Å²) in [6.45, 7) is 2.15. The molecule has 0 spiro atoms. The van der Waals surface area contributed by atoms with Crippen molar-refractivity contribution in [1.29, 1.82) is 5.26 Å². The van der Waals surface area contributed by atoms with Crippen LogP contribution >= 0.6 is 11.6 Å². The van der Waals surface area contributed by atoms with Crippen LogP contribution in [0.25, 0.3) is 0 Å². The summed E-state index contributed by atoms with van der Waals surface area (Å²) >= 11 is 5.86. The number of nitrogens with one attached hydrogen (secondary N) is 1. The molecule has 1 saturated heterocycles. The number of nitrogens with zero attached hydrogens (tertiary/aromatic N) is 4. The molecule has 5 nitrogen and oxygen atoms in total. The molecular weight excluding hydrogens is 286 g/mol. The molecule has 21 heavy (non-hydrogen) atoms. The first kappa shape index (κ1) is 13.7. The third-order valence-electron chi connectivity index (χ3n) is 3.40. The predicted molar refractivity (Wildman–Crippen MR) is 82.9 cm³/mol. The van der Waals surface area contributed by atoms with Crippen LogP contribution in [0.1, 0.15) is 18.5 Å². The normalized spacial score (nSPS) is 14.0. The summed E-state index contributed by atoms with van der Waals surface area (Å²) in [5.41, 5.74) is 1.04. The number of pyridine rings is 2. The van der Waals surface area contributed by atoms with E-state index in [4.69, 9.17) is 16.9 Å². The van der Waals surface area contributed by atoms with Gasteiger partial charge in [-0.05, 0) is 37.1 Å². The second kappa shape index (κ2) is 5.98. The minimum Gasteiger partial charge on any atom is -0.357 e. The predicted octanol–water partition coefficient (Wildman–Crippen LogP) is 3.35. The topological polar surface area (TPSA) is 64.8 Å². The van der Waals surface area contributed by atoms with Crippen LogP contribution in [-0.2, 0) is 0 Å². The van der Waals surface area contributed by atoms with Crippen molar-refractivity contribution in [3.05, 3.63) is 41.2 Å². The first-order chi connectivity index (χ1) is 10.3. The Labute approximate surface area is 128 Å². The van der Waals surface area contributed by atoms with Crippen molar-refractivity contribution in [2.24, 2.45) is 0 Å². The summed E-state index contributed by atoms with van der Waals surface area (Å²) < 4.78 is 0. The maximum atomic E-state index is 8.92. The van der Waals surface area contributed by atoms with Crippen molar-refractivity contribution in [3.63, 3.8) is 0 Å². The van der Waals surface area contributed by atoms with E-state index >= 15 is 0 Å². The number of anilines is 3. The molecule has 3 heterocycles. The smallest absolute Gasteiger partial charge is 0.161 e. The average molecular weight is 300 g/mol. The fourth-order valence-electron chi connectivity index (χ4n) is 2.33. The largest absolute Gasteiger partial charge is 0.357 e. The molecule has 3 rings (SSSR count). The molecule has 2 aromatic rings. The summed E-state index contributed by atoms with van der Waals surface area (Å²) in [6.07, 6.45) is 4.23. The quantitative estimate of drug-likeness (QED) is 0.941.